The van der Waals surface area contributed by atoms with Crippen molar-refractivity contribution in [2.24, 2.45) is 0 Å². The van der Waals surface area contributed by atoms with Gasteiger partial charge in [-0.1, -0.05) is 57.0 Å². The van der Waals surface area contributed by atoms with E-state index in [-0.39, 0.29) is 5.60 Å². The van der Waals surface area contributed by atoms with Crippen molar-refractivity contribution in [1.29, 1.82) is 0 Å². The molecule has 1 heterocycles. The Balaban J connectivity index is 0.000000637. The Morgan fingerprint density at radius 3 is 2.63 bits per heavy atom. The average Bonchev–Trinajstić information content (AvgIpc) is 2.75. The molecule has 1 aliphatic heterocycles. The highest BCUT2D eigenvalue weighted by atomic mass is 31.2. The molecule has 1 aliphatic carbocycles. The van der Waals surface area contributed by atoms with E-state index in [1.807, 2.05) is 31.6 Å². The van der Waals surface area contributed by atoms with Crippen LogP contribution in [0.2, 0.25) is 0 Å². The van der Waals surface area contributed by atoms with Gasteiger partial charge < -0.3 is 9.42 Å². The van der Waals surface area contributed by atoms with Gasteiger partial charge in [0.25, 0.3) is 8.53 Å². The van der Waals surface area contributed by atoms with Gasteiger partial charge in [0.2, 0.25) is 0 Å². The van der Waals surface area contributed by atoms with Gasteiger partial charge in [-0.3, -0.25) is 0 Å². The molecule has 0 amide bonds. The van der Waals surface area contributed by atoms with Crippen LogP contribution in [0, 0.1) is 0 Å². The lowest BCUT2D eigenvalue weighted by Crippen LogP contribution is -2.44. The van der Waals surface area contributed by atoms with Gasteiger partial charge >= 0.3 is 0 Å². The topological polar surface area (TPSA) is 32.7 Å². The Morgan fingerprint density at radius 1 is 1.26 bits per heavy atom. The van der Waals surface area contributed by atoms with E-state index in [0.717, 1.165) is 12.8 Å². The molecule has 4 heteroatoms. The lowest BCUT2D eigenvalue weighted by molar-refractivity contribution is 0.0224. The van der Waals surface area contributed by atoms with Crippen LogP contribution in [-0.2, 0) is 10.1 Å². The third kappa shape index (κ3) is 2.57. The van der Waals surface area contributed by atoms with Crippen LogP contribution in [0.5, 0.6) is 0 Å². The van der Waals surface area contributed by atoms with Gasteiger partial charge in [0.05, 0.1) is 6.04 Å². The van der Waals surface area contributed by atoms with E-state index in [9.17, 15) is 4.89 Å². The maximum atomic E-state index is 10.0. The molecule has 0 spiro atoms. The second kappa shape index (κ2) is 6.32. The van der Waals surface area contributed by atoms with Crippen molar-refractivity contribution in [3.8, 4) is 0 Å². The number of hydrogen-bond donors (Lipinski definition) is 1. The number of hydrogen-bond acceptors (Lipinski definition) is 3. The Morgan fingerprint density at radius 2 is 1.95 bits per heavy atom. The number of benzene rings is 1. The first-order valence-electron chi connectivity index (χ1n) is 7.20. The summed E-state index contributed by atoms with van der Waals surface area (Å²) < 4.78 is 8.03. The highest BCUT2D eigenvalue weighted by Crippen LogP contribution is 2.60. The number of likely N-dealkylation sites (N-methyl/N-ethyl adjacent to an activating group) is 1. The van der Waals surface area contributed by atoms with E-state index in [4.69, 9.17) is 4.52 Å². The largest absolute Gasteiger partial charge is 0.338 e. The van der Waals surface area contributed by atoms with E-state index < -0.39 is 8.53 Å². The highest BCUT2D eigenvalue weighted by Gasteiger charge is 2.54. The second-order valence-corrected chi connectivity index (χ2v) is 6.25. The summed E-state index contributed by atoms with van der Waals surface area (Å²) in [5.41, 5.74) is 0.949. The third-order valence-electron chi connectivity index (χ3n) is 4.04. The smallest absolute Gasteiger partial charge is 0.256 e. The molecule has 1 aromatic rings. The molecule has 3 rings (SSSR count). The van der Waals surface area contributed by atoms with E-state index in [2.05, 4.69) is 24.3 Å². The maximum absolute atomic E-state index is 10.0. The Kier molecular flexibility index (Phi) is 4.97. The molecule has 2 unspecified atom stereocenters. The Labute approximate surface area is 117 Å². The molecule has 1 N–H and O–H groups in total. The van der Waals surface area contributed by atoms with Crippen molar-refractivity contribution in [1.82, 2.24) is 4.67 Å². The standard InChI is InChI=1S/C13H18NO2P.C2H6/c1-14-12-9-5-6-10-13(12,16-17(14)15)11-7-3-2-4-8-11;1-2/h2-4,7-8,12,15H,5-6,9-10H2,1H3;1-2H3/t12?,13?,17-;/m1./s1. The van der Waals surface area contributed by atoms with Crippen LogP contribution in [-0.4, -0.2) is 22.7 Å². The molecule has 2 aliphatic rings. The Bertz CT molecular complexity index is 400. The van der Waals surface area contributed by atoms with Gasteiger partial charge in [-0.2, -0.15) is 0 Å². The number of fused-ring (bicyclic) bond motifs is 1. The zero-order chi connectivity index (χ0) is 13.9. The first-order valence-corrected chi connectivity index (χ1v) is 8.37. The van der Waals surface area contributed by atoms with Crippen LogP contribution in [0.4, 0.5) is 0 Å². The van der Waals surface area contributed by atoms with Crippen molar-refractivity contribution < 1.29 is 9.42 Å². The zero-order valence-corrected chi connectivity index (χ0v) is 12.9. The van der Waals surface area contributed by atoms with E-state index in [1.54, 1.807) is 0 Å². The summed E-state index contributed by atoms with van der Waals surface area (Å²) in [6.45, 7) is 4.00. The quantitative estimate of drug-likeness (QED) is 0.789. The fourth-order valence-electron chi connectivity index (χ4n) is 3.16. The van der Waals surface area contributed by atoms with Gasteiger partial charge in [0.15, 0.2) is 0 Å². The van der Waals surface area contributed by atoms with Crippen LogP contribution >= 0.6 is 8.53 Å². The van der Waals surface area contributed by atoms with Crippen LogP contribution in [0.3, 0.4) is 0 Å². The predicted molar refractivity (Wildman–Crippen MR) is 79.7 cm³/mol. The van der Waals surface area contributed by atoms with Crippen LogP contribution < -0.4 is 0 Å². The summed E-state index contributed by atoms with van der Waals surface area (Å²) in [4.78, 5) is 10.0. The lowest BCUT2D eigenvalue weighted by Gasteiger charge is -2.38. The van der Waals surface area contributed by atoms with Crippen LogP contribution in [0.1, 0.15) is 45.1 Å². The molecule has 3 nitrogen and oxygen atoms in total. The van der Waals surface area contributed by atoms with Crippen LogP contribution in [0.25, 0.3) is 0 Å². The van der Waals surface area contributed by atoms with E-state index in [0.29, 0.717) is 6.04 Å². The third-order valence-corrected chi connectivity index (χ3v) is 5.35. The fourth-order valence-corrected chi connectivity index (χ4v) is 4.44. The molecule has 0 radical (unpaired) electrons. The summed E-state index contributed by atoms with van der Waals surface area (Å²) in [6, 6.07) is 10.7. The van der Waals surface area contributed by atoms with Crippen molar-refractivity contribution in [3.05, 3.63) is 35.9 Å². The van der Waals surface area contributed by atoms with Gasteiger partial charge in [-0.25, -0.2) is 4.67 Å². The first-order chi connectivity index (χ1) is 9.24. The SMILES string of the molecule is CC.CN1C2CCCCC2(c2ccccc2)O[P@@]1O. The van der Waals surface area contributed by atoms with E-state index >= 15 is 0 Å². The molecule has 19 heavy (non-hydrogen) atoms. The molecule has 1 saturated carbocycles. The minimum absolute atomic E-state index is 0.269. The monoisotopic (exact) mass is 281 g/mol. The normalized spacial score (nSPS) is 34.3. The second-order valence-electron chi connectivity index (χ2n) is 4.93. The maximum Gasteiger partial charge on any atom is 0.256 e. The Hall–Kier alpha value is -0.470. The summed E-state index contributed by atoms with van der Waals surface area (Å²) in [5.74, 6) is 0. The summed E-state index contributed by atoms with van der Waals surface area (Å²) >= 11 is 0. The van der Waals surface area contributed by atoms with Gasteiger partial charge in [-0.05, 0) is 25.5 Å². The average molecular weight is 281 g/mol. The fraction of sp³-hybridized carbons (Fsp3) is 0.600. The molecule has 1 saturated heterocycles. The first kappa shape index (κ1) is 14.9. The minimum atomic E-state index is -1.42. The summed E-state index contributed by atoms with van der Waals surface area (Å²) in [7, 11) is 0.563. The summed E-state index contributed by atoms with van der Waals surface area (Å²) in [5, 5.41) is 0. The molecule has 3 atom stereocenters. The van der Waals surface area contributed by atoms with Crippen molar-refractivity contribution in [2.45, 2.75) is 51.2 Å². The van der Waals surface area contributed by atoms with E-state index in [1.165, 1.54) is 18.4 Å². The zero-order valence-electron chi connectivity index (χ0n) is 12.0. The minimum Gasteiger partial charge on any atom is -0.338 e. The van der Waals surface area contributed by atoms with Crippen LogP contribution in [0.15, 0.2) is 30.3 Å². The molecule has 1 aromatic carbocycles. The summed E-state index contributed by atoms with van der Waals surface area (Å²) in [6.07, 6.45) is 4.55. The van der Waals surface area contributed by atoms with Gasteiger partial charge in [-0.15, -0.1) is 0 Å². The molecule has 0 aromatic heterocycles. The predicted octanol–water partition coefficient (Wildman–Crippen LogP) is 4.03. The molecule has 106 valence electrons. The van der Waals surface area contributed by atoms with Crippen molar-refractivity contribution in [2.75, 3.05) is 7.05 Å². The molecule has 0 bridgehead atoms. The number of rotatable bonds is 1. The van der Waals surface area contributed by atoms with Crippen molar-refractivity contribution in [3.63, 3.8) is 0 Å². The number of nitrogens with zero attached hydrogens (tertiary/aromatic N) is 1. The van der Waals surface area contributed by atoms with Crippen molar-refractivity contribution >= 4 is 8.53 Å². The van der Waals surface area contributed by atoms with Gasteiger partial charge in [0.1, 0.15) is 5.60 Å². The molecule has 2 fully saturated rings. The van der Waals surface area contributed by atoms with Gasteiger partial charge in [0, 0.05) is 0 Å². The molecular weight excluding hydrogens is 257 g/mol. The molecular formula is C15H24NO2P. The lowest BCUT2D eigenvalue weighted by atomic mass is 9.76. The highest BCUT2D eigenvalue weighted by molar-refractivity contribution is 7.43.